The van der Waals surface area contributed by atoms with Crippen LogP contribution in [0, 0.1) is 5.92 Å². The van der Waals surface area contributed by atoms with Crippen LogP contribution in [0.15, 0.2) is 0 Å². The molecule has 3 heteroatoms. The second kappa shape index (κ2) is 6.24. The molecule has 0 aromatic carbocycles. The first kappa shape index (κ1) is 13.5. The zero-order valence-electron chi connectivity index (χ0n) is 10.9. The van der Waals surface area contributed by atoms with Gasteiger partial charge in [0.25, 0.3) is 0 Å². The van der Waals surface area contributed by atoms with Crippen LogP contribution in [-0.4, -0.2) is 29.4 Å². The van der Waals surface area contributed by atoms with E-state index in [1.54, 1.807) is 0 Å². The Kier molecular flexibility index (Phi) is 5.26. The van der Waals surface area contributed by atoms with Crippen molar-refractivity contribution < 1.29 is 4.79 Å². The zero-order chi connectivity index (χ0) is 12.1. The quantitative estimate of drug-likeness (QED) is 0.723. The van der Waals surface area contributed by atoms with Crippen molar-refractivity contribution in [2.45, 2.75) is 65.0 Å². The molecule has 3 nitrogen and oxygen atoms in total. The summed E-state index contributed by atoms with van der Waals surface area (Å²) in [6.07, 6.45) is 5.37. The number of nitrogens with two attached hydrogens (primary N) is 1. The van der Waals surface area contributed by atoms with Gasteiger partial charge < -0.3 is 10.6 Å². The van der Waals surface area contributed by atoms with Crippen molar-refractivity contribution in [3.8, 4) is 0 Å². The Labute approximate surface area is 99.4 Å². The minimum Gasteiger partial charge on any atom is -0.338 e. The second-order valence-corrected chi connectivity index (χ2v) is 5.35. The highest BCUT2D eigenvalue weighted by Gasteiger charge is 2.34. The number of hydrogen-bond acceptors (Lipinski definition) is 2. The van der Waals surface area contributed by atoms with E-state index in [9.17, 15) is 4.79 Å². The van der Waals surface area contributed by atoms with Crippen molar-refractivity contribution in [2.75, 3.05) is 6.54 Å². The number of nitrogens with zero attached hydrogens (tertiary/aromatic N) is 1. The third-order valence-electron chi connectivity index (χ3n) is 3.07. The van der Waals surface area contributed by atoms with Crippen LogP contribution in [0.4, 0.5) is 0 Å². The first-order valence-corrected chi connectivity index (χ1v) is 6.62. The Hall–Kier alpha value is -0.570. The molecule has 0 saturated heterocycles. The fraction of sp³-hybridized carbons (Fsp3) is 0.923. The average Bonchev–Trinajstić information content (AvgIpc) is 3.01. The summed E-state index contributed by atoms with van der Waals surface area (Å²) < 4.78 is 0. The van der Waals surface area contributed by atoms with E-state index in [1.807, 2.05) is 4.90 Å². The molecule has 16 heavy (non-hydrogen) atoms. The SMILES string of the molecule is CCCCN(C(=O)C(N)CC(C)C)C1CC1. The molecule has 0 spiro atoms. The maximum atomic E-state index is 12.2. The molecule has 1 atom stereocenters. The van der Waals surface area contributed by atoms with E-state index in [1.165, 1.54) is 12.8 Å². The van der Waals surface area contributed by atoms with Gasteiger partial charge in [0.05, 0.1) is 6.04 Å². The van der Waals surface area contributed by atoms with Gasteiger partial charge >= 0.3 is 0 Å². The molecule has 0 aliphatic heterocycles. The van der Waals surface area contributed by atoms with Crippen molar-refractivity contribution >= 4 is 5.91 Å². The van der Waals surface area contributed by atoms with Crippen LogP contribution < -0.4 is 5.73 Å². The van der Waals surface area contributed by atoms with Gasteiger partial charge in [0, 0.05) is 12.6 Å². The highest BCUT2D eigenvalue weighted by atomic mass is 16.2. The number of unbranched alkanes of at least 4 members (excludes halogenated alkanes) is 1. The maximum absolute atomic E-state index is 12.2. The van der Waals surface area contributed by atoms with Gasteiger partial charge in [-0.1, -0.05) is 27.2 Å². The van der Waals surface area contributed by atoms with Crippen LogP contribution in [0.2, 0.25) is 0 Å². The van der Waals surface area contributed by atoms with Gasteiger partial charge in [-0.2, -0.15) is 0 Å². The fourth-order valence-electron chi connectivity index (χ4n) is 2.01. The lowest BCUT2D eigenvalue weighted by atomic mass is 10.0. The Bertz CT molecular complexity index is 224. The van der Waals surface area contributed by atoms with E-state index < -0.39 is 0 Å². The summed E-state index contributed by atoms with van der Waals surface area (Å²) in [6.45, 7) is 7.27. The van der Waals surface area contributed by atoms with E-state index in [2.05, 4.69) is 20.8 Å². The van der Waals surface area contributed by atoms with Gasteiger partial charge in [-0.3, -0.25) is 4.79 Å². The predicted molar refractivity (Wildman–Crippen MR) is 67.1 cm³/mol. The summed E-state index contributed by atoms with van der Waals surface area (Å²) in [5, 5.41) is 0. The molecular weight excluding hydrogens is 200 g/mol. The van der Waals surface area contributed by atoms with Gasteiger partial charge in [-0.05, 0) is 31.6 Å². The summed E-state index contributed by atoms with van der Waals surface area (Å²) in [7, 11) is 0. The monoisotopic (exact) mass is 226 g/mol. The molecular formula is C13H26N2O. The lowest BCUT2D eigenvalue weighted by molar-refractivity contribution is -0.133. The molecule has 1 amide bonds. The summed E-state index contributed by atoms with van der Waals surface area (Å²) in [4.78, 5) is 14.2. The van der Waals surface area contributed by atoms with E-state index in [0.717, 1.165) is 25.8 Å². The first-order chi connectivity index (χ1) is 7.56. The number of carbonyl (C=O) groups is 1. The minimum atomic E-state index is -0.294. The van der Waals surface area contributed by atoms with E-state index in [0.29, 0.717) is 12.0 Å². The van der Waals surface area contributed by atoms with E-state index in [-0.39, 0.29) is 11.9 Å². The third-order valence-corrected chi connectivity index (χ3v) is 3.07. The summed E-state index contributed by atoms with van der Waals surface area (Å²) in [5.41, 5.74) is 5.97. The zero-order valence-corrected chi connectivity index (χ0v) is 10.9. The van der Waals surface area contributed by atoms with Crippen LogP contribution >= 0.6 is 0 Å². The van der Waals surface area contributed by atoms with Crippen LogP contribution in [-0.2, 0) is 4.79 Å². The number of carbonyl (C=O) groups excluding carboxylic acids is 1. The van der Waals surface area contributed by atoms with Crippen molar-refractivity contribution in [1.29, 1.82) is 0 Å². The molecule has 94 valence electrons. The highest BCUT2D eigenvalue weighted by molar-refractivity contribution is 5.82. The Morgan fingerprint density at radius 2 is 2.06 bits per heavy atom. The van der Waals surface area contributed by atoms with Crippen molar-refractivity contribution in [3.05, 3.63) is 0 Å². The van der Waals surface area contributed by atoms with E-state index in [4.69, 9.17) is 5.73 Å². The molecule has 0 bridgehead atoms. The predicted octanol–water partition coefficient (Wildman–Crippen LogP) is 2.15. The van der Waals surface area contributed by atoms with Crippen LogP contribution in [0.1, 0.15) is 52.9 Å². The second-order valence-electron chi connectivity index (χ2n) is 5.35. The minimum absolute atomic E-state index is 0.171. The number of rotatable bonds is 7. The van der Waals surface area contributed by atoms with Gasteiger partial charge in [0.2, 0.25) is 5.91 Å². The molecule has 0 aromatic rings. The third kappa shape index (κ3) is 4.12. The Balaban J connectivity index is 2.45. The topological polar surface area (TPSA) is 46.3 Å². The summed E-state index contributed by atoms with van der Waals surface area (Å²) in [5.74, 6) is 0.663. The molecule has 1 fully saturated rings. The largest absolute Gasteiger partial charge is 0.338 e. The molecule has 0 radical (unpaired) electrons. The number of hydrogen-bond donors (Lipinski definition) is 1. The standard InChI is InChI=1S/C13H26N2O/c1-4-5-8-15(11-6-7-11)13(16)12(14)9-10(2)3/h10-12H,4-9,14H2,1-3H3. The van der Waals surface area contributed by atoms with Gasteiger partial charge in [-0.15, -0.1) is 0 Å². The molecule has 1 unspecified atom stereocenters. The van der Waals surface area contributed by atoms with Gasteiger partial charge in [0.15, 0.2) is 0 Å². The molecule has 1 aliphatic carbocycles. The molecule has 2 N–H and O–H groups in total. The van der Waals surface area contributed by atoms with Crippen molar-refractivity contribution in [1.82, 2.24) is 4.90 Å². The molecule has 0 aromatic heterocycles. The lowest BCUT2D eigenvalue weighted by Crippen LogP contribution is -2.45. The molecule has 1 rings (SSSR count). The maximum Gasteiger partial charge on any atom is 0.239 e. The van der Waals surface area contributed by atoms with Crippen molar-refractivity contribution in [2.24, 2.45) is 11.7 Å². The Morgan fingerprint density at radius 3 is 2.50 bits per heavy atom. The van der Waals surface area contributed by atoms with Gasteiger partial charge in [-0.25, -0.2) is 0 Å². The first-order valence-electron chi connectivity index (χ1n) is 6.62. The molecule has 0 heterocycles. The van der Waals surface area contributed by atoms with Crippen LogP contribution in [0.3, 0.4) is 0 Å². The molecule has 1 aliphatic rings. The van der Waals surface area contributed by atoms with E-state index >= 15 is 0 Å². The number of amides is 1. The van der Waals surface area contributed by atoms with Crippen LogP contribution in [0.5, 0.6) is 0 Å². The molecule has 1 saturated carbocycles. The summed E-state index contributed by atoms with van der Waals surface area (Å²) in [6, 6.07) is 0.203. The smallest absolute Gasteiger partial charge is 0.239 e. The Morgan fingerprint density at radius 1 is 1.44 bits per heavy atom. The highest BCUT2D eigenvalue weighted by Crippen LogP contribution is 2.28. The van der Waals surface area contributed by atoms with Crippen LogP contribution in [0.25, 0.3) is 0 Å². The lowest BCUT2D eigenvalue weighted by Gasteiger charge is -2.26. The van der Waals surface area contributed by atoms with Gasteiger partial charge in [0.1, 0.15) is 0 Å². The van der Waals surface area contributed by atoms with Crippen molar-refractivity contribution in [3.63, 3.8) is 0 Å². The summed E-state index contributed by atoms with van der Waals surface area (Å²) >= 11 is 0. The fourth-order valence-corrected chi connectivity index (χ4v) is 2.01. The average molecular weight is 226 g/mol. The normalized spacial score (nSPS) is 17.6.